The Hall–Kier alpha value is -1.73. The molecular formula is C13H17NO3. The topological polar surface area (TPSA) is 51.5 Å². The first-order valence-corrected chi connectivity index (χ1v) is 5.54. The van der Waals surface area contributed by atoms with E-state index >= 15 is 0 Å². The zero-order valence-corrected chi connectivity index (χ0v) is 10.2. The number of unbranched alkanes of at least 4 members (excludes halogenated alkanes) is 1. The summed E-state index contributed by atoms with van der Waals surface area (Å²) in [5.41, 5.74) is 0. The van der Waals surface area contributed by atoms with E-state index in [1.165, 1.54) is 7.11 Å². The molecule has 0 amide bonds. The Morgan fingerprint density at radius 2 is 2.41 bits per heavy atom. The summed E-state index contributed by atoms with van der Waals surface area (Å²) in [4.78, 5) is 11.2. The molecule has 1 aromatic rings. The maximum Gasteiger partial charge on any atom is 0.373 e. The van der Waals surface area contributed by atoms with Gasteiger partial charge in [0.25, 0.3) is 0 Å². The highest BCUT2D eigenvalue weighted by atomic mass is 16.5. The van der Waals surface area contributed by atoms with E-state index in [1.807, 2.05) is 6.92 Å². The standard InChI is InChI=1S/C13H17NO3/c1-4-5-6-9-14-10(2)11-7-8-12(17-11)13(15)16-3/h1,7-8,10,14H,5-6,9H2,2-3H3. The predicted molar refractivity (Wildman–Crippen MR) is 64.5 cm³/mol. The van der Waals surface area contributed by atoms with Gasteiger partial charge < -0.3 is 14.5 Å². The third-order valence-corrected chi connectivity index (χ3v) is 2.39. The van der Waals surface area contributed by atoms with Crippen LogP contribution in [0.5, 0.6) is 0 Å². The first-order chi connectivity index (χ1) is 8.19. The van der Waals surface area contributed by atoms with Gasteiger partial charge in [0.1, 0.15) is 5.76 Å². The molecule has 0 aliphatic carbocycles. The van der Waals surface area contributed by atoms with Gasteiger partial charge in [-0.2, -0.15) is 0 Å². The summed E-state index contributed by atoms with van der Waals surface area (Å²) in [7, 11) is 1.33. The summed E-state index contributed by atoms with van der Waals surface area (Å²) in [6.45, 7) is 2.79. The molecule has 0 saturated heterocycles. The van der Waals surface area contributed by atoms with E-state index in [2.05, 4.69) is 16.0 Å². The molecule has 1 rings (SSSR count). The minimum atomic E-state index is -0.462. The van der Waals surface area contributed by atoms with Gasteiger partial charge in [0, 0.05) is 6.42 Å². The van der Waals surface area contributed by atoms with Crippen molar-refractivity contribution in [3.8, 4) is 12.3 Å². The van der Waals surface area contributed by atoms with Crippen LogP contribution in [-0.4, -0.2) is 19.6 Å². The van der Waals surface area contributed by atoms with Crippen molar-refractivity contribution in [2.75, 3.05) is 13.7 Å². The maximum atomic E-state index is 11.2. The number of carbonyl (C=O) groups excluding carboxylic acids is 1. The highest BCUT2D eigenvalue weighted by Gasteiger charge is 2.14. The molecule has 1 unspecified atom stereocenters. The van der Waals surface area contributed by atoms with E-state index in [4.69, 9.17) is 10.8 Å². The Labute approximate surface area is 101 Å². The zero-order valence-electron chi connectivity index (χ0n) is 10.2. The Morgan fingerprint density at radius 3 is 3.06 bits per heavy atom. The molecule has 0 aliphatic rings. The summed E-state index contributed by atoms with van der Waals surface area (Å²) in [5.74, 6) is 3.06. The molecule has 0 aliphatic heterocycles. The van der Waals surface area contributed by atoms with E-state index in [-0.39, 0.29) is 11.8 Å². The molecule has 4 heteroatoms. The van der Waals surface area contributed by atoms with Crippen molar-refractivity contribution in [2.45, 2.75) is 25.8 Å². The lowest BCUT2D eigenvalue weighted by Crippen LogP contribution is -2.19. The average Bonchev–Trinajstić information content (AvgIpc) is 2.83. The minimum Gasteiger partial charge on any atom is -0.463 e. The number of esters is 1. The monoisotopic (exact) mass is 235 g/mol. The van der Waals surface area contributed by atoms with Gasteiger partial charge in [0.15, 0.2) is 0 Å². The lowest BCUT2D eigenvalue weighted by molar-refractivity contribution is 0.0562. The van der Waals surface area contributed by atoms with Crippen LogP contribution in [0.15, 0.2) is 16.5 Å². The van der Waals surface area contributed by atoms with Crippen molar-refractivity contribution in [2.24, 2.45) is 0 Å². The van der Waals surface area contributed by atoms with Gasteiger partial charge in [-0.3, -0.25) is 0 Å². The fraction of sp³-hybridized carbons (Fsp3) is 0.462. The molecule has 0 spiro atoms. The number of nitrogens with one attached hydrogen (secondary N) is 1. The molecule has 4 nitrogen and oxygen atoms in total. The first kappa shape index (κ1) is 13.3. The summed E-state index contributed by atoms with van der Waals surface area (Å²) in [5, 5.41) is 3.26. The third-order valence-electron chi connectivity index (χ3n) is 2.39. The van der Waals surface area contributed by atoms with E-state index < -0.39 is 5.97 Å². The van der Waals surface area contributed by atoms with Crippen LogP contribution < -0.4 is 5.32 Å². The summed E-state index contributed by atoms with van der Waals surface area (Å²) in [6.07, 6.45) is 6.84. The van der Waals surface area contributed by atoms with Gasteiger partial charge in [0.05, 0.1) is 13.2 Å². The Morgan fingerprint density at radius 1 is 1.65 bits per heavy atom. The van der Waals surface area contributed by atoms with Crippen LogP contribution in [0.2, 0.25) is 0 Å². The highest BCUT2D eigenvalue weighted by molar-refractivity contribution is 5.86. The fourth-order valence-electron chi connectivity index (χ4n) is 1.41. The van der Waals surface area contributed by atoms with Crippen LogP contribution in [0.3, 0.4) is 0 Å². The Balaban J connectivity index is 2.46. The zero-order chi connectivity index (χ0) is 12.7. The van der Waals surface area contributed by atoms with E-state index in [0.717, 1.165) is 19.4 Å². The number of rotatable bonds is 6. The highest BCUT2D eigenvalue weighted by Crippen LogP contribution is 2.16. The molecule has 17 heavy (non-hydrogen) atoms. The van der Waals surface area contributed by atoms with E-state index in [0.29, 0.717) is 5.76 Å². The normalized spacial score (nSPS) is 11.8. The largest absolute Gasteiger partial charge is 0.463 e. The van der Waals surface area contributed by atoms with Gasteiger partial charge >= 0.3 is 5.97 Å². The first-order valence-electron chi connectivity index (χ1n) is 5.54. The van der Waals surface area contributed by atoms with Gasteiger partial charge in [0.2, 0.25) is 5.76 Å². The number of furan rings is 1. The summed E-state index contributed by atoms with van der Waals surface area (Å²) < 4.78 is 9.94. The van der Waals surface area contributed by atoms with Crippen molar-refractivity contribution in [1.29, 1.82) is 0 Å². The van der Waals surface area contributed by atoms with Crippen LogP contribution in [0.4, 0.5) is 0 Å². The second-order valence-electron chi connectivity index (χ2n) is 3.68. The second kappa shape index (κ2) is 6.77. The van der Waals surface area contributed by atoms with E-state index in [1.54, 1.807) is 12.1 Å². The quantitative estimate of drug-likeness (QED) is 0.466. The minimum absolute atomic E-state index is 0.0474. The average molecular weight is 235 g/mol. The summed E-state index contributed by atoms with van der Waals surface area (Å²) in [6, 6.07) is 3.43. The molecule has 1 atom stereocenters. The Bertz CT molecular complexity index is 403. The summed E-state index contributed by atoms with van der Waals surface area (Å²) >= 11 is 0. The smallest absolute Gasteiger partial charge is 0.373 e. The van der Waals surface area contributed by atoms with Gasteiger partial charge in [-0.25, -0.2) is 4.79 Å². The molecule has 92 valence electrons. The fourth-order valence-corrected chi connectivity index (χ4v) is 1.41. The molecule has 0 fully saturated rings. The van der Waals surface area contributed by atoms with E-state index in [9.17, 15) is 4.79 Å². The molecule has 0 radical (unpaired) electrons. The lowest BCUT2D eigenvalue weighted by Gasteiger charge is -2.10. The number of ether oxygens (including phenoxy) is 1. The molecule has 1 heterocycles. The van der Waals surface area contributed by atoms with Crippen molar-refractivity contribution in [1.82, 2.24) is 5.32 Å². The van der Waals surface area contributed by atoms with Crippen molar-refractivity contribution in [3.63, 3.8) is 0 Å². The lowest BCUT2D eigenvalue weighted by atomic mass is 10.2. The molecular weight excluding hydrogens is 218 g/mol. The van der Waals surface area contributed by atoms with Crippen LogP contribution in [-0.2, 0) is 4.74 Å². The van der Waals surface area contributed by atoms with Gasteiger partial charge in [-0.05, 0) is 32.0 Å². The predicted octanol–water partition coefficient (Wildman–Crippen LogP) is 2.13. The molecule has 0 aromatic carbocycles. The maximum absolute atomic E-state index is 11.2. The van der Waals surface area contributed by atoms with Crippen molar-refractivity contribution >= 4 is 5.97 Å². The van der Waals surface area contributed by atoms with Crippen molar-refractivity contribution in [3.05, 3.63) is 23.7 Å². The molecule has 1 N–H and O–H groups in total. The molecule has 1 aromatic heterocycles. The molecule has 0 saturated carbocycles. The number of terminal acetylenes is 1. The van der Waals surface area contributed by atoms with Crippen LogP contribution in [0.25, 0.3) is 0 Å². The second-order valence-corrected chi connectivity index (χ2v) is 3.68. The SMILES string of the molecule is C#CCCCNC(C)c1ccc(C(=O)OC)o1. The number of hydrogen-bond acceptors (Lipinski definition) is 4. The number of carbonyl (C=O) groups is 1. The molecule has 0 bridgehead atoms. The number of methoxy groups -OCH3 is 1. The van der Waals surface area contributed by atoms with Gasteiger partial charge in [-0.1, -0.05) is 0 Å². The number of hydrogen-bond donors (Lipinski definition) is 1. The third kappa shape index (κ3) is 3.97. The Kier molecular flexibility index (Phi) is 5.31. The van der Waals surface area contributed by atoms with Crippen LogP contribution >= 0.6 is 0 Å². The van der Waals surface area contributed by atoms with Crippen molar-refractivity contribution < 1.29 is 13.9 Å². The van der Waals surface area contributed by atoms with Crippen LogP contribution in [0.1, 0.15) is 42.1 Å². The van der Waals surface area contributed by atoms with Gasteiger partial charge in [-0.15, -0.1) is 12.3 Å². The van der Waals surface area contributed by atoms with Crippen LogP contribution in [0, 0.1) is 12.3 Å².